The normalized spacial score (nSPS) is 11.7. The Labute approximate surface area is 220 Å². The summed E-state index contributed by atoms with van der Waals surface area (Å²) < 4.78 is 7.95. The number of aryl methyl sites for hydroxylation is 1. The van der Waals surface area contributed by atoms with Crippen molar-refractivity contribution >= 4 is 40.7 Å². The average molecular weight is 518 g/mol. The molecule has 4 rings (SSSR count). The maximum absolute atomic E-state index is 12.4. The Hall–Kier alpha value is -4.74. The monoisotopic (exact) mass is 517 g/mol. The predicted molar refractivity (Wildman–Crippen MR) is 145 cm³/mol. The third-order valence-electron chi connectivity index (χ3n) is 5.98. The van der Waals surface area contributed by atoms with Crippen molar-refractivity contribution in [3.63, 3.8) is 0 Å². The number of nitrogens with two attached hydrogens (primary N) is 1. The number of anilines is 3. The molecule has 2 amide bonds. The van der Waals surface area contributed by atoms with Crippen molar-refractivity contribution in [3.05, 3.63) is 48.7 Å². The van der Waals surface area contributed by atoms with Gasteiger partial charge in [-0.1, -0.05) is 13.3 Å². The zero-order chi connectivity index (χ0) is 27.1. The van der Waals surface area contributed by atoms with Crippen LogP contribution in [0.2, 0.25) is 0 Å². The maximum atomic E-state index is 12.4. The molecule has 0 spiro atoms. The Morgan fingerprint density at radius 1 is 1.16 bits per heavy atom. The molecule has 1 aromatic carbocycles. The van der Waals surface area contributed by atoms with Crippen molar-refractivity contribution in [3.8, 4) is 17.0 Å². The molecular weight excluding hydrogens is 486 g/mol. The van der Waals surface area contributed by atoms with Crippen LogP contribution in [0.4, 0.5) is 17.3 Å². The first-order chi connectivity index (χ1) is 18.4. The Balaban J connectivity index is 1.60. The highest BCUT2D eigenvalue weighted by Crippen LogP contribution is 2.32. The molecule has 1 atom stereocenters. The number of hydrogen-bond donors (Lipinski definition) is 4. The van der Waals surface area contributed by atoms with Gasteiger partial charge in [-0.25, -0.2) is 15.0 Å². The Morgan fingerprint density at radius 3 is 2.63 bits per heavy atom. The van der Waals surface area contributed by atoms with Gasteiger partial charge >= 0.3 is 0 Å². The fourth-order valence-electron chi connectivity index (χ4n) is 4.11. The van der Waals surface area contributed by atoms with Gasteiger partial charge in [0.25, 0.3) is 5.91 Å². The molecule has 1 unspecified atom stereocenters. The van der Waals surface area contributed by atoms with Crippen LogP contribution in [-0.4, -0.2) is 56.5 Å². The van der Waals surface area contributed by atoms with Gasteiger partial charge in [-0.2, -0.15) is 0 Å². The molecule has 0 fully saturated rings. The summed E-state index contributed by atoms with van der Waals surface area (Å²) in [5.74, 6) is 0.618. The van der Waals surface area contributed by atoms with Gasteiger partial charge in [0, 0.05) is 38.9 Å². The van der Waals surface area contributed by atoms with Crippen LogP contribution in [0, 0.1) is 0 Å². The third kappa shape index (κ3) is 5.80. The van der Waals surface area contributed by atoms with E-state index in [1.54, 1.807) is 25.8 Å². The average Bonchev–Trinajstić information content (AvgIpc) is 3.30. The number of amides is 2. The largest absolute Gasteiger partial charge is 0.490 e. The van der Waals surface area contributed by atoms with Gasteiger partial charge in [0.1, 0.15) is 23.1 Å². The van der Waals surface area contributed by atoms with Crippen LogP contribution in [0.15, 0.2) is 43.0 Å². The molecule has 38 heavy (non-hydrogen) atoms. The predicted octanol–water partition coefficient (Wildman–Crippen LogP) is 2.99. The van der Waals surface area contributed by atoms with E-state index in [4.69, 9.17) is 10.5 Å². The highest BCUT2D eigenvalue weighted by molar-refractivity contribution is 5.99. The minimum atomic E-state index is -0.726. The molecule has 3 heterocycles. The molecule has 0 saturated heterocycles. The van der Waals surface area contributed by atoms with Crippen molar-refractivity contribution in [1.82, 2.24) is 29.8 Å². The van der Waals surface area contributed by atoms with Crippen molar-refractivity contribution in [2.45, 2.75) is 32.3 Å². The lowest BCUT2D eigenvalue weighted by molar-refractivity contribution is -0.109. The first-order valence-corrected chi connectivity index (χ1v) is 12.3. The topological polar surface area (TPSA) is 162 Å². The molecule has 0 saturated carbocycles. The summed E-state index contributed by atoms with van der Waals surface area (Å²) in [6.07, 6.45) is 8.27. The van der Waals surface area contributed by atoms with Crippen LogP contribution in [0.3, 0.4) is 0 Å². The van der Waals surface area contributed by atoms with E-state index in [0.29, 0.717) is 53.4 Å². The zero-order valence-electron chi connectivity index (χ0n) is 21.6. The first kappa shape index (κ1) is 26.3. The van der Waals surface area contributed by atoms with E-state index in [0.717, 1.165) is 18.4 Å². The molecule has 0 radical (unpaired) electrons. The Bertz CT molecular complexity index is 1420. The maximum Gasteiger partial charge on any atom is 0.271 e. The van der Waals surface area contributed by atoms with Gasteiger partial charge in [-0.05, 0) is 30.7 Å². The molecule has 0 aliphatic rings. The molecule has 4 aromatic rings. The molecule has 0 aliphatic carbocycles. The van der Waals surface area contributed by atoms with E-state index < -0.39 is 5.91 Å². The van der Waals surface area contributed by atoms with Crippen LogP contribution in [0.5, 0.6) is 5.75 Å². The van der Waals surface area contributed by atoms with Crippen molar-refractivity contribution in [2.24, 2.45) is 12.8 Å². The van der Waals surface area contributed by atoms with E-state index in [9.17, 15) is 9.59 Å². The van der Waals surface area contributed by atoms with Crippen LogP contribution < -0.4 is 26.4 Å². The minimum absolute atomic E-state index is 0.0117. The van der Waals surface area contributed by atoms with Crippen LogP contribution in [0.1, 0.15) is 36.7 Å². The number of nitrogens with zero attached hydrogens (tertiary/aromatic N) is 5. The minimum Gasteiger partial charge on any atom is -0.490 e. The van der Waals surface area contributed by atoms with Crippen molar-refractivity contribution < 1.29 is 14.3 Å². The lowest BCUT2D eigenvalue weighted by Gasteiger charge is -2.19. The fraction of sp³-hybridized carbons (Fsp3) is 0.308. The second-order valence-corrected chi connectivity index (χ2v) is 8.68. The van der Waals surface area contributed by atoms with Crippen molar-refractivity contribution in [1.29, 1.82) is 0 Å². The number of imidazole rings is 1. The van der Waals surface area contributed by atoms with Gasteiger partial charge in [-0.15, -0.1) is 0 Å². The molecule has 12 nitrogen and oxygen atoms in total. The second kappa shape index (κ2) is 12.0. The Morgan fingerprint density at radius 2 is 1.95 bits per heavy atom. The number of rotatable bonds is 13. The van der Waals surface area contributed by atoms with Gasteiger partial charge in [0.05, 0.1) is 23.6 Å². The summed E-state index contributed by atoms with van der Waals surface area (Å²) >= 11 is 0. The number of pyridine rings is 1. The van der Waals surface area contributed by atoms with Crippen LogP contribution in [-0.2, 0) is 11.8 Å². The van der Waals surface area contributed by atoms with Crippen LogP contribution >= 0.6 is 0 Å². The smallest absolute Gasteiger partial charge is 0.271 e. The summed E-state index contributed by atoms with van der Waals surface area (Å²) in [6.45, 7) is 2.64. The van der Waals surface area contributed by atoms with Gasteiger partial charge in [0.15, 0.2) is 17.3 Å². The van der Waals surface area contributed by atoms with E-state index in [-0.39, 0.29) is 17.6 Å². The van der Waals surface area contributed by atoms with Gasteiger partial charge < -0.3 is 31.0 Å². The number of benzene rings is 1. The standard InChI is InChI=1S/C26H31N9O3/c1-4-5-17(10-11-29-15-36)38-18-8-6-16(7-9-18)32-26-23(24(27)37)33-22(25(28-2)34-26)19-12-30-13-20-21(19)31-14-35(20)3/h6-9,12-15,17H,4-5,10-11H2,1-3H3,(H2,27,37)(H,29,36)(H2,28,32,34). The number of ether oxygens (including phenoxy) is 1. The zero-order valence-corrected chi connectivity index (χ0v) is 21.6. The number of hydrogen-bond acceptors (Lipinski definition) is 9. The number of carbonyl (C=O) groups excluding carboxylic acids is 2. The molecule has 5 N–H and O–H groups in total. The fourth-order valence-corrected chi connectivity index (χ4v) is 4.11. The first-order valence-electron chi connectivity index (χ1n) is 12.3. The second-order valence-electron chi connectivity index (χ2n) is 8.68. The summed E-state index contributed by atoms with van der Waals surface area (Å²) in [4.78, 5) is 40.9. The van der Waals surface area contributed by atoms with Gasteiger partial charge in [-0.3, -0.25) is 14.6 Å². The summed E-state index contributed by atoms with van der Waals surface area (Å²) in [7, 11) is 3.59. The number of aromatic nitrogens is 5. The van der Waals surface area contributed by atoms with Crippen molar-refractivity contribution in [2.75, 3.05) is 24.2 Å². The van der Waals surface area contributed by atoms with E-state index in [1.807, 2.05) is 35.9 Å². The number of primary amides is 1. The molecule has 198 valence electrons. The summed E-state index contributed by atoms with van der Waals surface area (Å²) in [5, 5.41) is 8.86. The highest BCUT2D eigenvalue weighted by atomic mass is 16.5. The third-order valence-corrected chi connectivity index (χ3v) is 5.98. The number of fused-ring (bicyclic) bond motifs is 1. The highest BCUT2D eigenvalue weighted by Gasteiger charge is 2.21. The lowest BCUT2D eigenvalue weighted by atomic mass is 10.1. The van der Waals surface area contributed by atoms with Crippen LogP contribution in [0.25, 0.3) is 22.3 Å². The number of carbonyl (C=O) groups is 2. The quantitative estimate of drug-likeness (QED) is 0.154. The molecule has 0 bridgehead atoms. The van der Waals surface area contributed by atoms with Gasteiger partial charge in [0.2, 0.25) is 6.41 Å². The molecule has 3 aromatic heterocycles. The van der Waals surface area contributed by atoms with E-state index in [2.05, 4.69) is 42.8 Å². The molecule has 12 heteroatoms. The van der Waals surface area contributed by atoms with E-state index in [1.165, 1.54) is 0 Å². The summed E-state index contributed by atoms with van der Waals surface area (Å²) in [6, 6.07) is 7.30. The molecule has 0 aliphatic heterocycles. The lowest BCUT2D eigenvalue weighted by Crippen LogP contribution is -2.23. The molecular formula is C26H31N9O3. The summed E-state index contributed by atoms with van der Waals surface area (Å²) in [5.41, 5.74) is 8.90. The van der Waals surface area contributed by atoms with E-state index >= 15 is 0 Å². The number of nitrogens with one attached hydrogen (secondary N) is 3. The Kier molecular flexibility index (Phi) is 8.31. The SMILES string of the molecule is CCCC(CCNC=O)Oc1ccc(Nc2nc(NC)c(-c3cncc4c3ncn4C)nc2C(N)=O)cc1.